The minimum absolute atomic E-state index is 0.0651. The number of halogens is 4. The average molecular weight is 531 g/mol. The van der Waals surface area contributed by atoms with Crippen LogP contribution in [0.15, 0.2) is 16.9 Å². The second-order valence-electron chi connectivity index (χ2n) is 9.87. The third kappa shape index (κ3) is 3.19. The van der Waals surface area contributed by atoms with Crippen LogP contribution in [-0.2, 0) is 39.5 Å². The van der Waals surface area contributed by atoms with Crippen LogP contribution in [0.4, 0.5) is 17.6 Å². The van der Waals surface area contributed by atoms with E-state index in [0.717, 1.165) is 0 Å². The van der Waals surface area contributed by atoms with Crippen molar-refractivity contribution in [2.24, 2.45) is 0 Å². The van der Waals surface area contributed by atoms with Crippen molar-refractivity contribution < 1.29 is 37.0 Å². The molecular formula is C26H21F4N3O5. The summed E-state index contributed by atoms with van der Waals surface area (Å²) in [7, 11) is 0. The van der Waals surface area contributed by atoms with E-state index < -0.39 is 41.1 Å². The van der Waals surface area contributed by atoms with Crippen molar-refractivity contribution >= 4 is 22.8 Å². The Balaban J connectivity index is 1.64. The van der Waals surface area contributed by atoms with Crippen molar-refractivity contribution in [3.8, 4) is 11.4 Å². The van der Waals surface area contributed by atoms with E-state index in [-0.39, 0.29) is 60.4 Å². The Labute approximate surface area is 212 Å². The largest absolute Gasteiger partial charge is 0.471 e. The first-order valence-corrected chi connectivity index (χ1v) is 12.1. The maximum Gasteiger partial charge on any atom is 0.471 e. The van der Waals surface area contributed by atoms with E-state index in [1.165, 1.54) is 16.7 Å². The number of rotatable bonds is 2. The topological polar surface area (TPSA) is 111 Å². The number of nitrogens with zero attached hydrogens (tertiary/aromatic N) is 2. The highest BCUT2D eigenvalue weighted by atomic mass is 19.4. The standard InChI is InChI=1S/C26H21F4N3O5/c1-3-25(37)14-6-18-21-12(8-33(18)22(34)13(14)9-38-24(25)36)20-16(32-23(35)26(28,29)30)5-4-11-10(2)15(27)7-17(31-21)19(11)20/h6-7,16,37H,3-5,8-9H2,1-2H3,(H,32,35)/t16-,25-/m0/s1. The molecule has 1 aromatic carbocycles. The molecule has 198 valence electrons. The highest BCUT2D eigenvalue weighted by Crippen LogP contribution is 2.46. The van der Waals surface area contributed by atoms with Crippen LogP contribution in [0.3, 0.4) is 0 Å². The number of ether oxygens (including phenoxy) is 1. The monoisotopic (exact) mass is 531 g/mol. The predicted molar refractivity (Wildman–Crippen MR) is 124 cm³/mol. The van der Waals surface area contributed by atoms with Gasteiger partial charge in [0.1, 0.15) is 12.4 Å². The fourth-order valence-corrected chi connectivity index (χ4v) is 5.94. The van der Waals surface area contributed by atoms with Gasteiger partial charge in [0, 0.05) is 22.6 Å². The molecule has 0 saturated carbocycles. The zero-order valence-corrected chi connectivity index (χ0v) is 20.3. The number of esters is 1. The number of alkyl halides is 3. The lowest BCUT2D eigenvalue weighted by Crippen LogP contribution is -2.44. The Morgan fingerprint density at radius 2 is 2.00 bits per heavy atom. The van der Waals surface area contributed by atoms with Gasteiger partial charge in [-0.3, -0.25) is 9.59 Å². The van der Waals surface area contributed by atoms with E-state index in [4.69, 9.17) is 4.74 Å². The van der Waals surface area contributed by atoms with E-state index in [1.807, 2.05) is 0 Å². The SMILES string of the molecule is CC[C@@]1(O)C(=O)OCc2c1cc1n(c2=O)Cc2c-1nc1cc(F)c(C)c3c1c2[C@@H](NC(=O)C(F)(F)F)CC3. The summed E-state index contributed by atoms with van der Waals surface area (Å²) in [5.41, 5.74) is -0.110. The number of amides is 1. The van der Waals surface area contributed by atoms with E-state index in [1.54, 1.807) is 13.8 Å². The first-order valence-electron chi connectivity index (χ1n) is 12.1. The predicted octanol–water partition coefficient (Wildman–Crippen LogP) is 3.19. The molecule has 3 aliphatic rings. The van der Waals surface area contributed by atoms with Crippen molar-refractivity contribution in [3.63, 3.8) is 0 Å². The number of hydrogen-bond donors (Lipinski definition) is 2. The van der Waals surface area contributed by atoms with Crippen LogP contribution in [-0.4, -0.2) is 32.7 Å². The summed E-state index contributed by atoms with van der Waals surface area (Å²) in [6.07, 6.45) is -4.86. The normalized spacial score (nSPS) is 21.6. The van der Waals surface area contributed by atoms with Crippen molar-refractivity contribution in [1.82, 2.24) is 14.9 Å². The summed E-state index contributed by atoms with van der Waals surface area (Å²) < 4.78 is 60.8. The van der Waals surface area contributed by atoms with Crippen LogP contribution >= 0.6 is 0 Å². The van der Waals surface area contributed by atoms with Gasteiger partial charge in [0.2, 0.25) is 0 Å². The van der Waals surface area contributed by atoms with Crippen LogP contribution in [0.5, 0.6) is 0 Å². The van der Waals surface area contributed by atoms with Crippen molar-refractivity contribution in [3.05, 3.63) is 61.7 Å². The molecule has 2 atom stereocenters. The molecule has 0 bridgehead atoms. The summed E-state index contributed by atoms with van der Waals surface area (Å²) in [5.74, 6) is -3.53. The summed E-state index contributed by atoms with van der Waals surface area (Å²) in [6.45, 7) is 2.73. The van der Waals surface area contributed by atoms with E-state index in [2.05, 4.69) is 10.3 Å². The molecule has 0 unspecified atom stereocenters. The number of hydrogen-bond acceptors (Lipinski definition) is 6. The van der Waals surface area contributed by atoms with Gasteiger partial charge in [-0.2, -0.15) is 13.2 Å². The van der Waals surface area contributed by atoms with Gasteiger partial charge in [0.15, 0.2) is 5.60 Å². The maximum atomic E-state index is 14.8. The van der Waals surface area contributed by atoms with Gasteiger partial charge in [-0.25, -0.2) is 14.2 Å². The van der Waals surface area contributed by atoms with Crippen LogP contribution in [0.2, 0.25) is 0 Å². The van der Waals surface area contributed by atoms with E-state index in [9.17, 15) is 37.1 Å². The van der Waals surface area contributed by atoms with Gasteiger partial charge in [0.05, 0.1) is 35.1 Å². The van der Waals surface area contributed by atoms with Crippen LogP contribution in [0.1, 0.15) is 59.2 Å². The van der Waals surface area contributed by atoms with Gasteiger partial charge < -0.3 is 19.7 Å². The third-order valence-corrected chi connectivity index (χ3v) is 7.94. The minimum Gasteiger partial charge on any atom is -0.458 e. The van der Waals surface area contributed by atoms with E-state index >= 15 is 0 Å². The summed E-state index contributed by atoms with van der Waals surface area (Å²) in [4.78, 5) is 42.5. The number of cyclic esters (lactones) is 1. The fraction of sp³-hybridized carbons (Fsp3) is 0.385. The lowest BCUT2D eigenvalue weighted by Gasteiger charge is -2.31. The van der Waals surface area contributed by atoms with Crippen molar-refractivity contribution in [2.45, 2.75) is 64.1 Å². The zero-order valence-electron chi connectivity index (χ0n) is 20.3. The number of aromatic nitrogens is 2. The van der Waals surface area contributed by atoms with Crippen molar-refractivity contribution in [1.29, 1.82) is 0 Å². The molecule has 2 aromatic heterocycles. The van der Waals surface area contributed by atoms with Crippen LogP contribution in [0.25, 0.3) is 22.3 Å². The maximum absolute atomic E-state index is 14.8. The number of carbonyl (C=O) groups excluding carboxylic acids is 2. The molecule has 1 aliphatic carbocycles. The fourth-order valence-electron chi connectivity index (χ4n) is 5.94. The molecule has 4 heterocycles. The van der Waals surface area contributed by atoms with E-state index in [0.29, 0.717) is 27.6 Å². The van der Waals surface area contributed by atoms with Gasteiger partial charge in [-0.15, -0.1) is 0 Å². The quantitative estimate of drug-likeness (QED) is 0.304. The Morgan fingerprint density at radius 1 is 1.26 bits per heavy atom. The average Bonchev–Trinajstić information content (AvgIpc) is 3.23. The Kier molecular flexibility index (Phi) is 5.07. The third-order valence-electron chi connectivity index (χ3n) is 7.94. The molecular weight excluding hydrogens is 510 g/mol. The summed E-state index contributed by atoms with van der Waals surface area (Å²) >= 11 is 0. The molecule has 8 nitrogen and oxygen atoms in total. The Hall–Kier alpha value is -3.80. The highest BCUT2D eigenvalue weighted by molar-refractivity contribution is 5.94. The lowest BCUT2D eigenvalue weighted by atomic mass is 9.81. The van der Waals surface area contributed by atoms with Gasteiger partial charge >= 0.3 is 18.1 Å². The molecule has 38 heavy (non-hydrogen) atoms. The molecule has 6 rings (SSSR count). The molecule has 0 spiro atoms. The highest BCUT2D eigenvalue weighted by Gasteiger charge is 2.46. The number of benzene rings is 1. The Morgan fingerprint density at radius 3 is 2.68 bits per heavy atom. The molecule has 2 aliphatic heterocycles. The first kappa shape index (κ1) is 24.5. The van der Waals surface area contributed by atoms with Gasteiger partial charge in [-0.1, -0.05) is 6.92 Å². The van der Waals surface area contributed by atoms with Gasteiger partial charge in [-0.05, 0) is 48.9 Å². The molecule has 0 saturated heterocycles. The number of carbonyl (C=O) groups is 2. The summed E-state index contributed by atoms with van der Waals surface area (Å²) in [5, 5.41) is 13.6. The Bertz CT molecular complexity index is 1660. The van der Waals surface area contributed by atoms with Crippen LogP contribution < -0.4 is 10.9 Å². The molecule has 0 fully saturated rings. The lowest BCUT2D eigenvalue weighted by molar-refractivity contribution is -0.174. The molecule has 12 heteroatoms. The van der Waals surface area contributed by atoms with Gasteiger partial charge in [0.25, 0.3) is 5.56 Å². The molecule has 0 radical (unpaired) electrons. The number of aryl methyl sites for hydroxylation is 1. The first-order chi connectivity index (χ1) is 17.9. The van der Waals surface area contributed by atoms with Crippen molar-refractivity contribution in [2.75, 3.05) is 0 Å². The smallest absolute Gasteiger partial charge is 0.458 e. The number of fused-ring (bicyclic) bond motifs is 5. The number of pyridine rings is 2. The zero-order chi connectivity index (χ0) is 27.3. The van der Waals surface area contributed by atoms with Crippen LogP contribution in [0, 0.1) is 12.7 Å². The minimum atomic E-state index is -5.11. The molecule has 1 amide bonds. The second-order valence-corrected chi connectivity index (χ2v) is 9.87. The summed E-state index contributed by atoms with van der Waals surface area (Å²) in [6, 6.07) is 1.60. The molecule has 2 N–H and O–H groups in total. The number of nitrogens with one attached hydrogen (secondary N) is 1. The second kappa shape index (κ2) is 7.85. The number of aliphatic hydroxyl groups is 1. The molecule has 3 aromatic rings.